The average molecular weight is 295 g/mol. The Balaban J connectivity index is 2.08. The highest BCUT2D eigenvalue weighted by Crippen LogP contribution is 2.21. The van der Waals surface area contributed by atoms with Crippen molar-refractivity contribution in [2.75, 3.05) is 13.1 Å². The van der Waals surface area contributed by atoms with Gasteiger partial charge in [-0.25, -0.2) is 4.98 Å². The maximum atomic E-state index is 10.7. The molecule has 0 spiro atoms. The number of nitrogens with zero attached hydrogens (tertiary/aromatic N) is 2. The molecule has 1 aromatic heterocycles. The molecule has 0 atom stereocenters. The first-order valence-electron chi connectivity index (χ1n) is 6.23. The zero-order valence-corrected chi connectivity index (χ0v) is 11.8. The van der Waals surface area contributed by atoms with E-state index >= 15 is 0 Å². The maximum absolute atomic E-state index is 10.7. The van der Waals surface area contributed by atoms with Crippen LogP contribution in [0.4, 0.5) is 0 Å². The third kappa shape index (κ3) is 3.82. The third-order valence-corrected chi connectivity index (χ3v) is 3.09. The Morgan fingerprint density at radius 3 is 2.70 bits per heavy atom. The van der Waals surface area contributed by atoms with Crippen LogP contribution in [0.5, 0.6) is 0 Å². The van der Waals surface area contributed by atoms with E-state index in [0.717, 1.165) is 5.56 Å². The second-order valence-electron chi connectivity index (χ2n) is 4.35. The van der Waals surface area contributed by atoms with Crippen molar-refractivity contribution in [3.05, 3.63) is 41.2 Å². The summed E-state index contributed by atoms with van der Waals surface area (Å²) >= 11 is 5.83. The van der Waals surface area contributed by atoms with Gasteiger partial charge in [0, 0.05) is 17.1 Å². The molecular weight excluding hydrogens is 280 g/mol. The van der Waals surface area contributed by atoms with Crippen molar-refractivity contribution in [1.82, 2.24) is 9.88 Å². The summed E-state index contributed by atoms with van der Waals surface area (Å²) in [5.41, 5.74) is 1.54. The molecule has 1 heterocycles. The summed E-state index contributed by atoms with van der Waals surface area (Å²) in [5.74, 6) is -0.351. The zero-order valence-electron chi connectivity index (χ0n) is 11.0. The molecule has 0 bridgehead atoms. The molecule has 0 saturated carbocycles. The van der Waals surface area contributed by atoms with Gasteiger partial charge >= 0.3 is 5.97 Å². The molecule has 0 aliphatic heterocycles. The number of rotatable bonds is 6. The molecule has 0 aliphatic rings. The highest BCUT2D eigenvalue weighted by atomic mass is 35.5. The number of oxazole rings is 1. The number of hydrogen-bond donors (Lipinski definition) is 1. The SMILES string of the molecule is CCN(CC(=O)O)Cc1coc(-c2ccc(Cl)cc2)n1. The van der Waals surface area contributed by atoms with E-state index in [1.807, 2.05) is 19.1 Å². The fourth-order valence-electron chi connectivity index (χ4n) is 1.80. The minimum Gasteiger partial charge on any atom is -0.480 e. The van der Waals surface area contributed by atoms with Crippen molar-refractivity contribution in [1.29, 1.82) is 0 Å². The molecule has 0 aliphatic carbocycles. The molecule has 2 rings (SSSR count). The summed E-state index contributed by atoms with van der Waals surface area (Å²) in [6.45, 7) is 2.97. The molecule has 1 N–H and O–H groups in total. The average Bonchev–Trinajstić information content (AvgIpc) is 2.87. The first-order valence-corrected chi connectivity index (χ1v) is 6.60. The molecule has 5 nitrogen and oxygen atoms in total. The molecule has 6 heteroatoms. The fourth-order valence-corrected chi connectivity index (χ4v) is 1.93. The molecule has 0 unspecified atom stereocenters. The smallest absolute Gasteiger partial charge is 0.317 e. The topological polar surface area (TPSA) is 66.6 Å². The van der Waals surface area contributed by atoms with Crippen molar-refractivity contribution in [2.45, 2.75) is 13.5 Å². The van der Waals surface area contributed by atoms with E-state index in [1.165, 1.54) is 0 Å². The lowest BCUT2D eigenvalue weighted by atomic mass is 10.2. The largest absolute Gasteiger partial charge is 0.480 e. The summed E-state index contributed by atoms with van der Waals surface area (Å²) in [5, 5.41) is 9.46. The number of hydrogen-bond acceptors (Lipinski definition) is 4. The van der Waals surface area contributed by atoms with Gasteiger partial charge in [0.1, 0.15) is 6.26 Å². The summed E-state index contributed by atoms with van der Waals surface area (Å²) in [6, 6.07) is 7.19. The number of carbonyl (C=O) groups is 1. The van der Waals surface area contributed by atoms with Crippen LogP contribution in [-0.2, 0) is 11.3 Å². The van der Waals surface area contributed by atoms with Gasteiger partial charge < -0.3 is 9.52 Å². The van der Waals surface area contributed by atoms with Gasteiger partial charge in [0.15, 0.2) is 0 Å². The van der Waals surface area contributed by atoms with Gasteiger partial charge in [0.05, 0.1) is 12.2 Å². The first-order chi connectivity index (χ1) is 9.58. The normalized spacial score (nSPS) is 10.9. The number of aliphatic carboxylic acids is 1. The number of aromatic nitrogens is 1. The first kappa shape index (κ1) is 14.6. The van der Waals surface area contributed by atoms with Crippen LogP contribution in [0.1, 0.15) is 12.6 Å². The fraction of sp³-hybridized carbons (Fsp3) is 0.286. The van der Waals surface area contributed by atoms with Crippen LogP contribution in [0, 0.1) is 0 Å². The maximum Gasteiger partial charge on any atom is 0.317 e. The number of carboxylic acids is 1. The Kier molecular flexibility index (Phi) is 4.76. The molecule has 0 amide bonds. The second kappa shape index (κ2) is 6.54. The van der Waals surface area contributed by atoms with Crippen LogP contribution in [0.25, 0.3) is 11.5 Å². The summed E-state index contributed by atoms with van der Waals surface area (Å²) < 4.78 is 5.41. The van der Waals surface area contributed by atoms with Crippen molar-refractivity contribution in [3.63, 3.8) is 0 Å². The lowest BCUT2D eigenvalue weighted by molar-refractivity contribution is -0.138. The minimum atomic E-state index is -0.853. The monoisotopic (exact) mass is 294 g/mol. The van der Waals surface area contributed by atoms with E-state index < -0.39 is 5.97 Å². The Hall–Kier alpha value is -1.85. The highest BCUT2D eigenvalue weighted by molar-refractivity contribution is 6.30. The lowest BCUT2D eigenvalue weighted by Crippen LogP contribution is -2.29. The van der Waals surface area contributed by atoms with Gasteiger partial charge in [-0.1, -0.05) is 18.5 Å². The van der Waals surface area contributed by atoms with Crippen LogP contribution in [0.15, 0.2) is 34.9 Å². The molecule has 2 aromatic rings. The van der Waals surface area contributed by atoms with Crippen LogP contribution < -0.4 is 0 Å². The van der Waals surface area contributed by atoms with Crippen molar-refractivity contribution < 1.29 is 14.3 Å². The minimum absolute atomic E-state index is 0.0142. The van der Waals surface area contributed by atoms with Gasteiger partial charge in [-0.05, 0) is 30.8 Å². The predicted molar refractivity (Wildman–Crippen MR) is 75.5 cm³/mol. The Morgan fingerprint density at radius 2 is 2.10 bits per heavy atom. The van der Waals surface area contributed by atoms with Crippen LogP contribution in [-0.4, -0.2) is 34.0 Å². The van der Waals surface area contributed by atoms with Crippen molar-refractivity contribution >= 4 is 17.6 Å². The van der Waals surface area contributed by atoms with Crippen molar-refractivity contribution in [3.8, 4) is 11.5 Å². The van der Waals surface area contributed by atoms with Gasteiger partial charge in [0.25, 0.3) is 0 Å². The predicted octanol–water partition coefficient (Wildman–Crippen LogP) is 2.90. The molecule has 20 heavy (non-hydrogen) atoms. The highest BCUT2D eigenvalue weighted by Gasteiger charge is 2.12. The molecule has 1 aromatic carbocycles. The van der Waals surface area contributed by atoms with Crippen LogP contribution >= 0.6 is 11.6 Å². The molecule has 0 saturated heterocycles. The number of likely N-dealkylation sites (N-methyl/N-ethyl adjacent to an activating group) is 1. The third-order valence-electron chi connectivity index (χ3n) is 2.83. The molecule has 0 radical (unpaired) electrons. The molecule has 106 valence electrons. The van der Waals surface area contributed by atoms with Gasteiger partial charge in [-0.15, -0.1) is 0 Å². The number of halogens is 1. The van der Waals surface area contributed by atoms with Gasteiger partial charge in [0.2, 0.25) is 5.89 Å². The van der Waals surface area contributed by atoms with E-state index in [1.54, 1.807) is 23.3 Å². The van der Waals surface area contributed by atoms with E-state index in [0.29, 0.717) is 29.7 Å². The lowest BCUT2D eigenvalue weighted by Gasteiger charge is -2.15. The standard InChI is InChI=1S/C14H15ClN2O3/c1-2-17(8-13(18)19)7-12-9-20-14(16-12)10-3-5-11(15)6-4-10/h3-6,9H,2,7-8H2,1H3,(H,18,19). The summed E-state index contributed by atoms with van der Waals surface area (Å²) in [6.07, 6.45) is 1.55. The Bertz CT molecular complexity index is 580. The van der Waals surface area contributed by atoms with Crippen LogP contribution in [0.3, 0.4) is 0 Å². The zero-order chi connectivity index (χ0) is 14.5. The van der Waals surface area contributed by atoms with Crippen molar-refractivity contribution in [2.24, 2.45) is 0 Å². The number of benzene rings is 1. The summed E-state index contributed by atoms with van der Waals surface area (Å²) in [7, 11) is 0. The number of carboxylic acid groups (broad SMARTS) is 1. The Labute approximate surface area is 121 Å². The summed E-state index contributed by atoms with van der Waals surface area (Å²) in [4.78, 5) is 16.8. The van der Waals surface area contributed by atoms with E-state index in [2.05, 4.69) is 4.98 Å². The molecule has 0 fully saturated rings. The molecular formula is C14H15ClN2O3. The van der Waals surface area contributed by atoms with E-state index in [-0.39, 0.29) is 6.54 Å². The van der Waals surface area contributed by atoms with Gasteiger partial charge in [-0.3, -0.25) is 9.69 Å². The van der Waals surface area contributed by atoms with Crippen LogP contribution in [0.2, 0.25) is 5.02 Å². The second-order valence-corrected chi connectivity index (χ2v) is 4.78. The van der Waals surface area contributed by atoms with E-state index in [9.17, 15) is 4.79 Å². The Morgan fingerprint density at radius 1 is 1.40 bits per heavy atom. The van der Waals surface area contributed by atoms with E-state index in [4.69, 9.17) is 21.1 Å². The quantitative estimate of drug-likeness (QED) is 0.887. The van der Waals surface area contributed by atoms with Gasteiger partial charge in [-0.2, -0.15) is 0 Å².